The van der Waals surface area contributed by atoms with Gasteiger partial charge in [0.15, 0.2) is 5.96 Å². The first kappa shape index (κ1) is 22.6. The number of furan rings is 1. The van der Waals surface area contributed by atoms with Crippen LogP contribution in [0.4, 0.5) is 0 Å². The zero-order valence-corrected chi connectivity index (χ0v) is 18.0. The summed E-state index contributed by atoms with van der Waals surface area (Å²) in [6.07, 6.45) is 1.53. The van der Waals surface area contributed by atoms with Crippen LogP contribution in [0.25, 0.3) is 0 Å². The van der Waals surface area contributed by atoms with Crippen LogP contribution in [0.15, 0.2) is 52.1 Å². The van der Waals surface area contributed by atoms with E-state index >= 15 is 0 Å². The first-order valence-electron chi connectivity index (χ1n) is 8.18. The molecule has 0 bridgehead atoms. The Kier molecular flexibility index (Phi) is 9.82. The van der Waals surface area contributed by atoms with Crippen LogP contribution in [0.1, 0.15) is 19.6 Å². The molecule has 2 aromatic rings. The van der Waals surface area contributed by atoms with Crippen LogP contribution >= 0.6 is 35.6 Å². The van der Waals surface area contributed by atoms with E-state index in [0.717, 1.165) is 5.75 Å². The Balaban J connectivity index is 0.00000338. The van der Waals surface area contributed by atoms with E-state index in [1.807, 2.05) is 19.1 Å². The molecule has 1 heterocycles. The molecule has 0 aliphatic carbocycles. The van der Waals surface area contributed by atoms with Crippen LogP contribution in [-0.4, -0.2) is 37.3 Å². The molecule has 1 atom stereocenters. The summed E-state index contributed by atoms with van der Waals surface area (Å²) in [4.78, 5) is 4.41. The number of hydrogen-bond acceptors (Lipinski definition) is 4. The van der Waals surface area contributed by atoms with E-state index in [-0.39, 0.29) is 30.5 Å². The summed E-state index contributed by atoms with van der Waals surface area (Å²) in [5.41, 5.74) is -1.16. The Labute approximate surface area is 176 Å². The van der Waals surface area contributed by atoms with Crippen LogP contribution in [-0.2, 0) is 5.60 Å². The SMILES string of the molecule is CCNC(=NCC(C)(O)c1ccco1)NCCOc1cccc(Cl)c1.I. The lowest BCUT2D eigenvalue weighted by Gasteiger charge is -2.19. The number of aliphatic hydroxyl groups is 1. The lowest BCUT2D eigenvalue weighted by Crippen LogP contribution is -2.40. The first-order valence-corrected chi connectivity index (χ1v) is 8.56. The number of rotatable bonds is 8. The number of aliphatic imine (C=N–C) groups is 1. The molecule has 26 heavy (non-hydrogen) atoms. The van der Waals surface area contributed by atoms with E-state index in [0.29, 0.717) is 36.4 Å². The highest BCUT2D eigenvalue weighted by Crippen LogP contribution is 2.21. The van der Waals surface area contributed by atoms with Gasteiger partial charge in [-0.25, -0.2) is 4.99 Å². The van der Waals surface area contributed by atoms with Crippen molar-refractivity contribution < 1.29 is 14.3 Å². The van der Waals surface area contributed by atoms with Gasteiger partial charge >= 0.3 is 0 Å². The fourth-order valence-electron chi connectivity index (χ4n) is 2.13. The third kappa shape index (κ3) is 7.43. The van der Waals surface area contributed by atoms with Gasteiger partial charge in [0, 0.05) is 11.6 Å². The maximum atomic E-state index is 10.4. The topological polar surface area (TPSA) is 79.0 Å². The zero-order chi connectivity index (χ0) is 18.1. The van der Waals surface area contributed by atoms with Gasteiger partial charge in [0.25, 0.3) is 0 Å². The number of benzene rings is 1. The molecule has 3 N–H and O–H groups in total. The third-order valence-corrected chi connectivity index (χ3v) is 3.64. The van der Waals surface area contributed by atoms with E-state index in [1.54, 1.807) is 31.2 Å². The summed E-state index contributed by atoms with van der Waals surface area (Å²) < 4.78 is 10.9. The normalized spacial score (nSPS) is 13.5. The summed E-state index contributed by atoms with van der Waals surface area (Å²) in [6.45, 7) is 5.54. The summed E-state index contributed by atoms with van der Waals surface area (Å²) >= 11 is 5.92. The second-order valence-electron chi connectivity index (χ2n) is 5.68. The molecule has 8 heteroatoms. The van der Waals surface area contributed by atoms with Gasteiger partial charge in [0.1, 0.15) is 23.7 Å². The minimum absolute atomic E-state index is 0. The molecular formula is C18H25ClIN3O3. The minimum Gasteiger partial charge on any atom is -0.492 e. The fourth-order valence-corrected chi connectivity index (χ4v) is 2.31. The van der Waals surface area contributed by atoms with Gasteiger partial charge in [-0.05, 0) is 44.2 Å². The number of ether oxygens (including phenoxy) is 1. The highest BCUT2D eigenvalue weighted by atomic mass is 127. The maximum absolute atomic E-state index is 10.4. The maximum Gasteiger partial charge on any atom is 0.191 e. The predicted molar refractivity (Wildman–Crippen MR) is 115 cm³/mol. The molecule has 0 saturated carbocycles. The highest BCUT2D eigenvalue weighted by Gasteiger charge is 2.25. The van der Waals surface area contributed by atoms with Crippen molar-refractivity contribution in [1.29, 1.82) is 0 Å². The molecule has 1 aromatic carbocycles. The molecule has 6 nitrogen and oxygen atoms in total. The number of nitrogens with zero attached hydrogens (tertiary/aromatic N) is 1. The van der Waals surface area contributed by atoms with Gasteiger partial charge < -0.3 is 24.9 Å². The van der Waals surface area contributed by atoms with E-state index in [2.05, 4.69) is 15.6 Å². The molecule has 1 unspecified atom stereocenters. The molecular weight excluding hydrogens is 469 g/mol. The zero-order valence-electron chi connectivity index (χ0n) is 14.9. The van der Waals surface area contributed by atoms with Crippen LogP contribution in [0.3, 0.4) is 0 Å². The van der Waals surface area contributed by atoms with Crippen LogP contribution < -0.4 is 15.4 Å². The minimum atomic E-state index is -1.16. The molecule has 0 fully saturated rings. The van der Waals surface area contributed by atoms with Crippen molar-refractivity contribution >= 4 is 41.5 Å². The number of hydrogen-bond donors (Lipinski definition) is 3. The molecule has 0 spiro atoms. The molecule has 0 amide bonds. The molecule has 0 radical (unpaired) electrons. The molecule has 1 aromatic heterocycles. The average Bonchev–Trinajstić information content (AvgIpc) is 3.12. The predicted octanol–water partition coefficient (Wildman–Crippen LogP) is 3.39. The summed E-state index contributed by atoms with van der Waals surface area (Å²) in [6, 6.07) is 10.7. The van der Waals surface area contributed by atoms with E-state index in [9.17, 15) is 5.11 Å². The number of halogens is 2. The van der Waals surface area contributed by atoms with Gasteiger partial charge in [0.2, 0.25) is 0 Å². The average molecular weight is 494 g/mol. The Bertz CT molecular complexity index is 678. The standard InChI is InChI=1S/C18H24ClN3O3.HI/c1-3-20-17(22-13-18(2,23)16-8-5-10-25-16)21-9-11-24-15-7-4-6-14(19)12-15;/h4-8,10,12,23H,3,9,11,13H2,1-2H3,(H2,20,21,22);1H. The molecule has 144 valence electrons. The third-order valence-electron chi connectivity index (χ3n) is 3.40. The van der Waals surface area contributed by atoms with Crippen LogP contribution in [0, 0.1) is 0 Å². The second-order valence-corrected chi connectivity index (χ2v) is 6.12. The summed E-state index contributed by atoms with van der Waals surface area (Å²) in [5, 5.41) is 17.4. The van der Waals surface area contributed by atoms with Crippen LogP contribution in [0.5, 0.6) is 5.75 Å². The van der Waals surface area contributed by atoms with Crippen molar-refractivity contribution in [3.05, 3.63) is 53.4 Å². The summed E-state index contributed by atoms with van der Waals surface area (Å²) in [5.74, 6) is 1.80. The lowest BCUT2D eigenvalue weighted by atomic mass is 10.0. The Morgan fingerprint density at radius 1 is 1.31 bits per heavy atom. The van der Waals surface area contributed by atoms with E-state index < -0.39 is 5.60 Å². The smallest absolute Gasteiger partial charge is 0.191 e. The van der Waals surface area contributed by atoms with E-state index in [1.165, 1.54) is 6.26 Å². The lowest BCUT2D eigenvalue weighted by molar-refractivity contribution is 0.0437. The monoisotopic (exact) mass is 493 g/mol. The Morgan fingerprint density at radius 3 is 2.77 bits per heavy atom. The van der Waals surface area contributed by atoms with Crippen molar-refractivity contribution in [3.63, 3.8) is 0 Å². The van der Waals surface area contributed by atoms with Gasteiger partial charge in [-0.1, -0.05) is 17.7 Å². The van der Waals surface area contributed by atoms with Gasteiger partial charge in [-0.2, -0.15) is 0 Å². The quantitative estimate of drug-likeness (QED) is 0.227. The van der Waals surface area contributed by atoms with Gasteiger partial charge in [-0.15, -0.1) is 24.0 Å². The number of nitrogens with one attached hydrogen (secondary N) is 2. The van der Waals surface area contributed by atoms with Crippen molar-refractivity contribution in [2.24, 2.45) is 4.99 Å². The highest BCUT2D eigenvalue weighted by molar-refractivity contribution is 14.0. The number of guanidine groups is 1. The fraction of sp³-hybridized carbons (Fsp3) is 0.389. The van der Waals surface area contributed by atoms with Crippen molar-refractivity contribution in [1.82, 2.24) is 10.6 Å². The Morgan fingerprint density at radius 2 is 2.12 bits per heavy atom. The van der Waals surface area contributed by atoms with Crippen molar-refractivity contribution in [2.75, 3.05) is 26.2 Å². The van der Waals surface area contributed by atoms with Gasteiger partial charge in [0.05, 0.1) is 19.4 Å². The largest absolute Gasteiger partial charge is 0.492 e. The van der Waals surface area contributed by atoms with Crippen molar-refractivity contribution in [2.45, 2.75) is 19.4 Å². The molecule has 0 saturated heterocycles. The molecule has 0 aliphatic heterocycles. The summed E-state index contributed by atoms with van der Waals surface area (Å²) in [7, 11) is 0. The first-order chi connectivity index (χ1) is 12.0. The molecule has 0 aliphatic rings. The second kappa shape index (κ2) is 11.3. The van der Waals surface area contributed by atoms with Gasteiger partial charge in [-0.3, -0.25) is 0 Å². The van der Waals surface area contributed by atoms with Crippen molar-refractivity contribution in [3.8, 4) is 5.75 Å². The van der Waals surface area contributed by atoms with E-state index in [4.69, 9.17) is 20.8 Å². The Hall–Kier alpha value is -1.45. The molecule has 2 rings (SSSR count). The van der Waals surface area contributed by atoms with Crippen LogP contribution in [0.2, 0.25) is 5.02 Å².